The van der Waals surface area contributed by atoms with Crippen LogP contribution in [0.3, 0.4) is 0 Å². The van der Waals surface area contributed by atoms with Crippen molar-refractivity contribution in [3.8, 4) is 0 Å². The van der Waals surface area contributed by atoms with Crippen LogP contribution in [0, 0.1) is 6.92 Å². The van der Waals surface area contributed by atoms with Crippen molar-refractivity contribution in [3.05, 3.63) is 71.4 Å². The van der Waals surface area contributed by atoms with Crippen molar-refractivity contribution in [3.63, 3.8) is 0 Å². The zero-order chi connectivity index (χ0) is 17.6. The van der Waals surface area contributed by atoms with Crippen molar-refractivity contribution in [1.82, 2.24) is 10.1 Å². The van der Waals surface area contributed by atoms with E-state index < -0.39 is 0 Å². The van der Waals surface area contributed by atoms with Gasteiger partial charge in [-0.2, -0.15) is 4.98 Å². The smallest absolute Gasteiger partial charge is 0.231 e. The highest BCUT2D eigenvalue weighted by Gasteiger charge is 2.08. The summed E-state index contributed by atoms with van der Waals surface area (Å²) in [6.07, 6.45) is 0.616. The minimum atomic E-state index is -0.0935. The van der Waals surface area contributed by atoms with Crippen LogP contribution in [0.15, 0.2) is 53.1 Å². The number of amides is 1. The number of nitrogens with one attached hydrogen (secondary N) is 2. The lowest BCUT2D eigenvalue weighted by Crippen LogP contribution is -2.08. The second-order valence-corrected chi connectivity index (χ2v) is 5.83. The lowest BCUT2D eigenvalue weighted by molar-refractivity contribution is -0.114. The maximum absolute atomic E-state index is 11.2. The van der Waals surface area contributed by atoms with Gasteiger partial charge in [-0.25, -0.2) is 0 Å². The molecule has 3 aromatic rings. The van der Waals surface area contributed by atoms with Gasteiger partial charge in [0.05, 0.1) is 13.0 Å². The maximum Gasteiger partial charge on any atom is 0.231 e. The van der Waals surface area contributed by atoms with Crippen molar-refractivity contribution in [2.45, 2.75) is 26.8 Å². The number of hydrogen-bond donors (Lipinski definition) is 2. The molecule has 0 spiro atoms. The molecule has 6 heteroatoms. The number of carbonyl (C=O) groups excluding carboxylic acids is 1. The summed E-state index contributed by atoms with van der Waals surface area (Å²) in [5.74, 6) is 1.09. The fourth-order valence-corrected chi connectivity index (χ4v) is 2.44. The lowest BCUT2D eigenvalue weighted by Gasteiger charge is -2.10. The van der Waals surface area contributed by atoms with Gasteiger partial charge in [-0.1, -0.05) is 41.6 Å². The highest BCUT2D eigenvalue weighted by Crippen LogP contribution is 2.20. The van der Waals surface area contributed by atoms with Crippen LogP contribution >= 0.6 is 0 Å². The van der Waals surface area contributed by atoms with E-state index in [0.717, 1.165) is 22.5 Å². The molecule has 0 saturated heterocycles. The van der Waals surface area contributed by atoms with E-state index in [1.165, 1.54) is 6.92 Å². The van der Waals surface area contributed by atoms with Crippen LogP contribution in [0.4, 0.5) is 11.4 Å². The SMILES string of the molecule is CC(=O)Nc1cc(NCc2noc(Cc3ccccc3)n2)ccc1C. The molecule has 1 aromatic heterocycles. The third kappa shape index (κ3) is 4.67. The van der Waals surface area contributed by atoms with Gasteiger partial charge in [-0.05, 0) is 30.2 Å². The Morgan fingerprint density at radius 1 is 1.16 bits per heavy atom. The van der Waals surface area contributed by atoms with E-state index in [2.05, 4.69) is 20.8 Å². The Hall–Kier alpha value is -3.15. The van der Waals surface area contributed by atoms with Gasteiger partial charge in [0.1, 0.15) is 0 Å². The van der Waals surface area contributed by atoms with Gasteiger partial charge >= 0.3 is 0 Å². The number of benzene rings is 2. The van der Waals surface area contributed by atoms with E-state index in [1.807, 2.05) is 55.5 Å². The second-order valence-electron chi connectivity index (χ2n) is 5.83. The summed E-state index contributed by atoms with van der Waals surface area (Å²) in [6.45, 7) is 3.89. The summed E-state index contributed by atoms with van der Waals surface area (Å²) in [4.78, 5) is 15.6. The Bertz CT molecular complexity index is 859. The maximum atomic E-state index is 11.2. The first-order valence-electron chi connectivity index (χ1n) is 8.07. The first-order valence-corrected chi connectivity index (χ1v) is 8.07. The van der Waals surface area contributed by atoms with E-state index in [-0.39, 0.29) is 5.91 Å². The molecule has 3 rings (SSSR count). The van der Waals surface area contributed by atoms with E-state index >= 15 is 0 Å². The minimum Gasteiger partial charge on any atom is -0.378 e. The Labute approximate surface area is 146 Å². The zero-order valence-corrected chi connectivity index (χ0v) is 14.2. The zero-order valence-electron chi connectivity index (χ0n) is 14.2. The Kier molecular flexibility index (Phi) is 5.09. The van der Waals surface area contributed by atoms with Gasteiger partial charge in [0.25, 0.3) is 0 Å². The molecule has 6 nitrogen and oxygen atoms in total. The van der Waals surface area contributed by atoms with Gasteiger partial charge in [0.15, 0.2) is 5.82 Å². The van der Waals surface area contributed by atoms with Gasteiger partial charge in [0.2, 0.25) is 11.8 Å². The van der Waals surface area contributed by atoms with Gasteiger partial charge < -0.3 is 15.2 Å². The molecule has 2 aromatic carbocycles. The average molecular weight is 336 g/mol. The molecule has 1 amide bonds. The predicted molar refractivity (Wildman–Crippen MR) is 96.4 cm³/mol. The molecule has 1 heterocycles. The van der Waals surface area contributed by atoms with Crippen LogP contribution in [0.2, 0.25) is 0 Å². The highest BCUT2D eigenvalue weighted by atomic mass is 16.5. The summed E-state index contributed by atoms with van der Waals surface area (Å²) in [6, 6.07) is 15.8. The number of aryl methyl sites for hydroxylation is 1. The van der Waals surface area contributed by atoms with Crippen molar-refractivity contribution in [1.29, 1.82) is 0 Å². The van der Waals surface area contributed by atoms with E-state index in [1.54, 1.807) is 0 Å². The average Bonchev–Trinajstić information content (AvgIpc) is 3.03. The molecule has 0 bridgehead atoms. The highest BCUT2D eigenvalue weighted by molar-refractivity contribution is 5.90. The summed E-state index contributed by atoms with van der Waals surface area (Å²) >= 11 is 0. The number of carbonyl (C=O) groups is 1. The normalized spacial score (nSPS) is 10.5. The Balaban J connectivity index is 1.61. The lowest BCUT2D eigenvalue weighted by atomic mass is 10.1. The summed E-state index contributed by atoms with van der Waals surface area (Å²) in [7, 11) is 0. The Morgan fingerprint density at radius 3 is 2.72 bits per heavy atom. The molecule has 0 aliphatic rings. The first kappa shape index (κ1) is 16.7. The molecule has 0 saturated carbocycles. The summed E-state index contributed by atoms with van der Waals surface area (Å²) in [5.41, 5.74) is 3.80. The predicted octanol–water partition coefficient (Wildman–Crippen LogP) is 3.54. The standard InChI is InChI=1S/C19H20N4O2/c1-13-8-9-16(11-17(13)21-14(2)24)20-12-18-22-19(25-23-18)10-15-6-4-3-5-7-15/h3-9,11,20H,10,12H2,1-2H3,(H,21,24). The van der Waals surface area contributed by atoms with Gasteiger partial charge in [-0.3, -0.25) is 4.79 Å². The van der Waals surface area contributed by atoms with Crippen LogP contribution in [-0.2, 0) is 17.8 Å². The summed E-state index contributed by atoms with van der Waals surface area (Å²) < 4.78 is 5.29. The number of rotatable bonds is 6. The molecule has 128 valence electrons. The topological polar surface area (TPSA) is 80.0 Å². The molecule has 0 radical (unpaired) electrons. The van der Waals surface area contributed by atoms with E-state index in [4.69, 9.17) is 4.52 Å². The van der Waals surface area contributed by atoms with Crippen LogP contribution in [0.5, 0.6) is 0 Å². The molecule has 0 fully saturated rings. The van der Waals surface area contributed by atoms with Crippen molar-refractivity contribution in [2.75, 3.05) is 10.6 Å². The number of anilines is 2. The number of nitrogens with zero attached hydrogens (tertiary/aromatic N) is 2. The molecular weight excluding hydrogens is 316 g/mol. The van der Waals surface area contributed by atoms with Crippen LogP contribution in [-0.4, -0.2) is 16.0 Å². The van der Waals surface area contributed by atoms with Crippen LogP contribution in [0.25, 0.3) is 0 Å². The van der Waals surface area contributed by atoms with E-state index in [0.29, 0.717) is 24.7 Å². The molecule has 25 heavy (non-hydrogen) atoms. The molecule has 0 unspecified atom stereocenters. The molecule has 2 N–H and O–H groups in total. The van der Waals surface area contributed by atoms with Crippen molar-refractivity contribution >= 4 is 17.3 Å². The monoisotopic (exact) mass is 336 g/mol. The van der Waals surface area contributed by atoms with E-state index in [9.17, 15) is 4.79 Å². The first-order chi connectivity index (χ1) is 12.1. The Morgan fingerprint density at radius 2 is 1.96 bits per heavy atom. The molecule has 0 atom stereocenters. The van der Waals surface area contributed by atoms with Gasteiger partial charge in [0, 0.05) is 18.3 Å². The van der Waals surface area contributed by atoms with Crippen molar-refractivity contribution < 1.29 is 9.32 Å². The fourth-order valence-electron chi connectivity index (χ4n) is 2.44. The largest absolute Gasteiger partial charge is 0.378 e. The molecule has 0 aliphatic heterocycles. The number of aromatic nitrogens is 2. The van der Waals surface area contributed by atoms with Gasteiger partial charge in [-0.15, -0.1) is 0 Å². The molecule has 0 aliphatic carbocycles. The third-order valence-electron chi connectivity index (χ3n) is 3.71. The number of hydrogen-bond acceptors (Lipinski definition) is 5. The molecular formula is C19H20N4O2. The third-order valence-corrected chi connectivity index (χ3v) is 3.71. The fraction of sp³-hybridized carbons (Fsp3) is 0.211. The van der Waals surface area contributed by atoms with Crippen LogP contribution in [0.1, 0.15) is 29.8 Å². The summed E-state index contributed by atoms with van der Waals surface area (Å²) in [5, 5.41) is 10.1. The quantitative estimate of drug-likeness (QED) is 0.720. The van der Waals surface area contributed by atoms with Crippen molar-refractivity contribution in [2.24, 2.45) is 0 Å². The minimum absolute atomic E-state index is 0.0935. The second kappa shape index (κ2) is 7.61. The van der Waals surface area contributed by atoms with Crippen LogP contribution < -0.4 is 10.6 Å².